The molecule has 1 amide bonds. The van der Waals surface area contributed by atoms with Gasteiger partial charge in [0, 0.05) is 28.8 Å². The van der Waals surface area contributed by atoms with Crippen molar-refractivity contribution in [3.8, 4) is 0 Å². The molecular formula is C19H27NO2S. The number of thiophene rings is 1. The summed E-state index contributed by atoms with van der Waals surface area (Å²) in [5.41, 5.74) is -0.0571. The topological polar surface area (TPSA) is 38.3 Å². The summed E-state index contributed by atoms with van der Waals surface area (Å²) in [6.07, 6.45) is 7.49. The molecule has 0 radical (unpaired) electrons. The SMILES string of the molecule is COC(CNC(=O)C12CC3CC(CC(C3)C1)C2)c1ccc(C)s1. The van der Waals surface area contributed by atoms with Crippen molar-refractivity contribution < 1.29 is 9.53 Å². The van der Waals surface area contributed by atoms with Crippen LogP contribution in [0.3, 0.4) is 0 Å². The third-order valence-electron chi connectivity index (χ3n) is 6.33. The molecule has 4 heteroatoms. The highest BCUT2D eigenvalue weighted by atomic mass is 32.1. The molecule has 4 saturated carbocycles. The van der Waals surface area contributed by atoms with Gasteiger partial charge in [-0.1, -0.05) is 0 Å². The van der Waals surface area contributed by atoms with Gasteiger partial charge in [0.25, 0.3) is 0 Å². The smallest absolute Gasteiger partial charge is 0.226 e. The average Bonchev–Trinajstić information content (AvgIpc) is 2.93. The van der Waals surface area contributed by atoms with Gasteiger partial charge in [0.15, 0.2) is 0 Å². The van der Waals surface area contributed by atoms with Crippen LogP contribution in [0.2, 0.25) is 0 Å². The van der Waals surface area contributed by atoms with Gasteiger partial charge >= 0.3 is 0 Å². The molecule has 0 aromatic carbocycles. The largest absolute Gasteiger partial charge is 0.374 e. The molecule has 4 fully saturated rings. The zero-order valence-electron chi connectivity index (χ0n) is 14.1. The molecule has 5 rings (SSSR count). The Hall–Kier alpha value is -0.870. The summed E-state index contributed by atoms with van der Waals surface area (Å²) in [6.45, 7) is 2.70. The highest BCUT2D eigenvalue weighted by Crippen LogP contribution is 2.60. The Balaban J connectivity index is 1.42. The summed E-state index contributed by atoms with van der Waals surface area (Å²) < 4.78 is 5.61. The van der Waals surface area contributed by atoms with Crippen molar-refractivity contribution in [3.63, 3.8) is 0 Å². The van der Waals surface area contributed by atoms with Crippen molar-refractivity contribution in [1.82, 2.24) is 5.32 Å². The monoisotopic (exact) mass is 333 g/mol. The van der Waals surface area contributed by atoms with Crippen LogP contribution < -0.4 is 5.32 Å². The third-order valence-corrected chi connectivity index (χ3v) is 7.42. The number of hydrogen-bond acceptors (Lipinski definition) is 3. The van der Waals surface area contributed by atoms with Crippen molar-refractivity contribution in [1.29, 1.82) is 0 Å². The Morgan fingerprint density at radius 3 is 2.35 bits per heavy atom. The van der Waals surface area contributed by atoms with Gasteiger partial charge in [0.2, 0.25) is 5.91 Å². The van der Waals surface area contributed by atoms with E-state index >= 15 is 0 Å². The Labute approximate surface area is 142 Å². The Bertz CT molecular complexity index is 559. The highest BCUT2D eigenvalue weighted by molar-refractivity contribution is 7.12. The minimum Gasteiger partial charge on any atom is -0.374 e. The maximum atomic E-state index is 13.0. The molecule has 4 aliphatic rings. The number of ether oxygens (including phenoxy) is 1. The second kappa shape index (κ2) is 5.89. The zero-order chi connectivity index (χ0) is 16.0. The molecule has 1 aromatic rings. The van der Waals surface area contributed by atoms with Crippen LogP contribution in [0.15, 0.2) is 12.1 Å². The first kappa shape index (κ1) is 15.6. The maximum Gasteiger partial charge on any atom is 0.226 e. The fraction of sp³-hybridized carbons (Fsp3) is 0.737. The molecule has 1 aromatic heterocycles. The third kappa shape index (κ3) is 2.85. The lowest BCUT2D eigenvalue weighted by atomic mass is 9.49. The summed E-state index contributed by atoms with van der Waals surface area (Å²) in [7, 11) is 1.73. The number of carbonyl (C=O) groups is 1. The normalized spacial score (nSPS) is 36.2. The lowest BCUT2D eigenvalue weighted by Gasteiger charge is -2.55. The number of methoxy groups -OCH3 is 1. The molecule has 1 atom stereocenters. The average molecular weight is 333 g/mol. The second-order valence-electron chi connectivity index (χ2n) is 8.08. The minimum atomic E-state index is -0.0571. The molecule has 0 saturated heterocycles. The van der Waals surface area contributed by atoms with Crippen LogP contribution in [-0.2, 0) is 9.53 Å². The molecule has 0 aliphatic heterocycles. The van der Waals surface area contributed by atoms with E-state index in [4.69, 9.17) is 4.74 Å². The molecular weight excluding hydrogens is 306 g/mol. The van der Waals surface area contributed by atoms with Crippen molar-refractivity contribution in [3.05, 3.63) is 21.9 Å². The number of aryl methyl sites for hydroxylation is 1. The van der Waals surface area contributed by atoms with Gasteiger partial charge in [-0.05, 0) is 75.3 Å². The van der Waals surface area contributed by atoms with Crippen LogP contribution in [0, 0.1) is 30.1 Å². The van der Waals surface area contributed by atoms with Gasteiger partial charge in [-0.25, -0.2) is 0 Å². The fourth-order valence-electron chi connectivity index (χ4n) is 5.69. The summed E-state index contributed by atoms with van der Waals surface area (Å²) in [5.74, 6) is 2.73. The second-order valence-corrected chi connectivity index (χ2v) is 9.40. The quantitative estimate of drug-likeness (QED) is 0.882. The zero-order valence-corrected chi connectivity index (χ0v) is 15.0. The van der Waals surface area contributed by atoms with E-state index in [0.717, 1.165) is 37.0 Å². The maximum absolute atomic E-state index is 13.0. The molecule has 1 unspecified atom stereocenters. The van der Waals surface area contributed by atoms with Gasteiger partial charge < -0.3 is 10.1 Å². The van der Waals surface area contributed by atoms with Crippen LogP contribution in [0.1, 0.15) is 54.4 Å². The highest BCUT2D eigenvalue weighted by Gasteiger charge is 2.54. The molecule has 23 heavy (non-hydrogen) atoms. The summed E-state index contributed by atoms with van der Waals surface area (Å²) in [5, 5.41) is 3.24. The van der Waals surface area contributed by atoms with Crippen molar-refractivity contribution >= 4 is 17.2 Å². The summed E-state index contributed by atoms with van der Waals surface area (Å²) in [6, 6.07) is 4.23. The number of carbonyl (C=O) groups excluding carboxylic acids is 1. The lowest BCUT2D eigenvalue weighted by Crippen LogP contribution is -2.54. The molecule has 4 aliphatic carbocycles. The minimum absolute atomic E-state index is 0.0217. The fourth-order valence-corrected chi connectivity index (χ4v) is 6.64. The molecule has 126 valence electrons. The number of nitrogens with one attached hydrogen (secondary N) is 1. The first-order chi connectivity index (χ1) is 11.1. The lowest BCUT2D eigenvalue weighted by molar-refractivity contribution is -0.146. The molecule has 3 nitrogen and oxygen atoms in total. The molecule has 1 heterocycles. The van der Waals surface area contributed by atoms with Crippen molar-refractivity contribution in [2.24, 2.45) is 23.2 Å². The van der Waals surface area contributed by atoms with E-state index in [1.807, 2.05) is 0 Å². The van der Waals surface area contributed by atoms with E-state index in [1.165, 1.54) is 29.0 Å². The van der Waals surface area contributed by atoms with Crippen molar-refractivity contribution in [2.45, 2.75) is 51.6 Å². The standard InChI is InChI=1S/C19H27NO2S/c1-12-3-4-17(23-12)16(22-2)11-20-18(21)19-8-13-5-14(9-19)7-15(6-13)10-19/h3-4,13-16H,5-11H2,1-2H3,(H,20,21). The summed E-state index contributed by atoms with van der Waals surface area (Å²) >= 11 is 1.76. The van der Waals surface area contributed by atoms with Gasteiger partial charge in [0.1, 0.15) is 6.10 Å². The van der Waals surface area contributed by atoms with E-state index in [2.05, 4.69) is 24.4 Å². The van der Waals surface area contributed by atoms with Crippen LogP contribution in [0.4, 0.5) is 0 Å². The van der Waals surface area contributed by atoms with Gasteiger partial charge in [-0.3, -0.25) is 4.79 Å². The first-order valence-electron chi connectivity index (χ1n) is 8.95. The number of amides is 1. The van der Waals surface area contributed by atoms with E-state index in [0.29, 0.717) is 12.5 Å². The van der Waals surface area contributed by atoms with E-state index < -0.39 is 0 Å². The number of rotatable bonds is 5. The molecule has 4 bridgehead atoms. The van der Waals surface area contributed by atoms with Crippen LogP contribution in [0.25, 0.3) is 0 Å². The van der Waals surface area contributed by atoms with E-state index in [1.54, 1.807) is 18.4 Å². The predicted octanol–water partition coefficient (Wildman–Crippen LogP) is 4.08. The van der Waals surface area contributed by atoms with Gasteiger partial charge in [-0.2, -0.15) is 0 Å². The Morgan fingerprint density at radius 2 is 1.87 bits per heavy atom. The first-order valence-corrected chi connectivity index (χ1v) is 9.77. The van der Waals surface area contributed by atoms with Crippen LogP contribution in [0.5, 0.6) is 0 Å². The van der Waals surface area contributed by atoms with Crippen molar-refractivity contribution in [2.75, 3.05) is 13.7 Å². The molecule has 0 spiro atoms. The molecule has 1 N–H and O–H groups in total. The predicted molar refractivity (Wildman–Crippen MR) is 92.4 cm³/mol. The Morgan fingerprint density at radius 1 is 1.26 bits per heavy atom. The summed E-state index contributed by atoms with van der Waals surface area (Å²) in [4.78, 5) is 15.5. The number of hydrogen-bond donors (Lipinski definition) is 1. The van der Waals surface area contributed by atoms with Gasteiger partial charge in [-0.15, -0.1) is 11.3 Å². The van der Waals surface area contributed by atoms with Crippen LogP contribution in [-0.4, -0.2) is 19.6 Å². The Kier molecular flexibility index (Phi) is 4.01. The van der Waals surface area contributed by atoms with Gasteiger partial charge in [0.05, 0.1) is 0 Å². The van der Waals surface area contributed by atoms with E-state index in [-0.39, 0.29) is 11.5 Å². The van der Waals surface area contributed by atoms with E-state index in [9.17, 15) is 4.79 Å². The van der Waals surface area contributed by atoms with Crippen LogP contribution >= 0.6 is 11.3 Å².